The van der Waals surface area contributed by atoms with Crippen LogP contribution in [0.25, 0.3) is 10.9 Å². The smallest absolute Gasteiger partial charge is 0.271 e. The minimum atomic E-state index is -0.984. The molecule has 2 aliphatic rings. The molecule has 2 amide bonds. The molecule has 0 spiro atoms. The van der Waals surface area contributed by atoms with E-state index >= 15 is 0 Å². The van der Waals surface area contributed by atoms with Crippen LogP contribution in [0, 0.1) is 0 Å². The van der Waals surface area contributed by atoms with E-state index < -0.39 is 5.54 Å². The Kier molecular flexibility index (Phi) is 7.39. The van der Waals surface area contributed by atoms with Gasteiger partial charge in [0.1, 0.15) is 22.7 Å². The summed E-state index contributed by atoms with van der Waals surface area (Å²) in [6.07, 6.45) is 9.84. The van der Waals surface area contributed by atoms with Crippen LogP contribution in [0.4, 0.5) is 0 Å². The van der Waals surface area contributed by atoms with E-state index in [9.17, 15) is 9.59 Å². The Morgan fingerprint density at radius 3 is 2.38 bits per heavy atom. The molecule has 1 atom stereocenters. The molecule has 0 unspecified atom stereocenters. The number of ether oxygens (including phenoxy) is 2. The predicted octanol–water partition coefficient (Wildman–Crippen LogP) is 4.90. The number of nitrogens with one attached hydrogen (secondary N) is 1. The van der Waals surface area contributed by atoms with Gasteiger partial charge in [0, 0.05) is 18.0 Å². The van der Waals surface area contributed by atoms with Crippen LogP contribution in [-0.4, -0.2) is 53.6 Å². The van der Waals surface area contributed by atoms with Crippen molar-refractivity contribution in [2.75, 3.05) is 20.8 Å². The fourth-order valence-corrected chi connectivity index (χ4v) is 5.56. The summed E-state index contributed by atoms with van der Waals surface area (Å²) in [6, 6.07) is 5.76. The van der Waals surface area contributed by atoms with Crippen LogP contribution in [0.2, 0.25) is 0 Å². The van der Waals surface area contributed by atoms with Gasteiger partial charge in [-0.1, -0.05) is 45.4 Å². The number of amides is 2. The number of hydrogen-bond donors (Lipinski definition) is 1. The highest BCUT2D eigenvalue weighted by atomic mass is 16.5. The molecular formula is C27H39N3O4. The van der Waals surface area contributed by atoms with Crippen molar-refractivity contribution in [3.05, 3.63) is 23.9 Å². The fraction of sp³-hybridized carbons (Fsp3) is 0.630. The molecule has 0 radical (unpaired) electrons. The van der Waals surface area contributed by atoms with Crippen LogP contribution in [0.1, 0.15) is 82.1 Å². The van der Waals surface area contributed by atoms with Crippen molar-refractivity contribution in [2.45, 2.75) is 89.8 Å². The summed E-state index contributed by atoms with van der Waals surface area (Å²) in [4.78, 5) is 29.5. The number of unbranched alkanes of at least 4 members (excludes halogenated alkanes) is 1. The minimum absolute atomic E-state index is 0.0584. The molecule has 7 heteroatoms. The number of benzene rings is 1. The number of rotatable bonds is 7. The normalized spacial score (nSPS) is 21.6. The average Bonchev–Trinajstić information content (AvgIpc) is 3.19. The number of fused-ring (bicyclic) bond motifs is 3. The largest absolute Gasteiger partial charge is 0.496 e. The summed E-state index contributed by atoms with van der Waals surface area (Å²) in [5, 5.41) is 4.17. The summed E-state index contributed by atoms with van der Waals surface area (Å²) in [7, 11) is 3.25. The maximum Gasteiger partial charge on any atom is 0.271 e. The van der Waals surface area contributed by atoms with Gasteiger partial charge in [-0.05, 0) is 44.4 Å². The van der Waals surface area contributed by atoms with E-state index in [1.807, 2.05) is 29.7 Å². The monoisotopic (exact) mass is 469 g/mol. The highest BCUT2D eigenvalue weighted by Gasteiger charge is 2.48. The molecule has 34 heavy (non-hydrogen) atoms. The third-order valence-electron chi connectivity index (χ3n) is 7.61. The van der Waals surface area contributed by atoms with Crippen molar-refractivity contribution in [1.29, 1.82) is 0 Å². The molecular weight excluding hydrogens is 430 g/mol. The Morgan fingerprint density at radius 2 is 1.74 bits per heavy atom. The second-order valence-electron chi connectivity index (χ2n) is 9.95. The van der Waals surface area contributed by atoms with Crippen molar-refractivity contribution in [3.63, 3.8) is 0 Å². The van der Waals surface area contributed by atoms with E-state index in [4.69, 9.17) is 9.47 Å². The first-order valence-electron chi connectivity index (χ1n) is 12.8. The Bertz CT molecular complexity index is 1040. The number of aromatic nitrogens is 1. The highest BCUT2D eigenvalue weighted by molar-refractivity contribution is 6.05. The molecule has 0 bridgehead atoms. The Morgan fingerprint density at radius 1 is 1.09 bits per heavy atom. The van der Waals surface area contributed by atoms with Gasteiger partial charge in [-0.15, -0.1) is 0 Å². The van der Waals surface area contributed by atoms with Gasteiger partial charge in [0.2, 0.25) is 5.91 Å². The topological polar surface area (TPSA) is 72.8 Å². The van der Waals surface area contributed by atoms with E-state index in [0.717, 1.165) is 49.4 Å². The first-order valence-corrected chi connectivity index (χ1v) is 12.8. The standard InChI is InChI=1S/C27H39N3O4/c1-5-6-16-30-25(31)21-17-20-22(33-3)14-15-23(34-4)24(20)29(21)18-27(30,2)26(32)28-19-12-10-8-7-9-11-13-19/h14-15,17,19H,5-13,16,18H2,1-4H3,(H,28,32)/t27-/m1/s1. The first-order chi connectivity index (χ1) is 16.4. The molecule has 0 saturated heterocycles. The van der Waals surface area contributed by atoms with Gasteiger partial charge < -0.3 is 24.3 Å². The number of carbonyl (C=O) groups is 2. The summed E-state index contributed by atoms with van der Waals surface area (Å²) in [6.45, 7) is 4.95. The van der Waals surface area contributed by atoms with Gasteiger partial charge in [-0.2, -0.15) is 0 Å². The van der Waals surface area contributed by atoms with Crippen LogP contribution in [0.5, 0.6) is 11.5 Å². The van der Waals surface area contributed by atoms with E-state index in [-0.39, 0.29) is 17.9 Å². The number of methoxy groups -OCH3 is 2. The minimum Gasteiger partial charge on any atom is -0.496 e. The lowest BCUT2D eigenvalue weighted by molar-refractivity contribution is -0.133. The van der Waals surface area contributed by atoms with Crippen molar-refractivity contribution >= 4 is 22.7 Å². The van der Waals surface area contributed by atoms with Gasteiger partial charge in [-0.3, -0.25) is 9.59 Å². The zero-order chi connectivity index (χ0) is 24.3. The predicted molar refractivity (Wildman–Crippen MR) is 134 cm³/mol. The second-order valence-corrected chi connectivity index (χ2v) is 9.95. The molecule has 1 aliphatic heterocycles. The lowest BCUT2D eigenvalue weighted by Gasteiger charge is -2.45. The van der Waals surface area contributed by atoms with Gasteiger partial charge in [0.05, 0.1) is 26.3 Å². The highest BCUT2D eigenvalue weighted by Crippen LogP contribution is 2.40. The van der Waals surface area contributed by atoms with Crippen LogP contribution in [0.15, 0.2) is 18.2 Å². The summed E-state index contributed by atoms with van der Waals surface area (Å²) >= 11 is 0. The zero-order valence-electron chi connectivity index (χ0n) is 21.1. The maximum absolute atomic E-state index is 13.9. The van der Waals surface area contributed by atoms with Crippen molar-refractivity contribution < 1.29 is 19.1 Å². The Hall–Kier alpha value is -2.70. The van der Waals surface area contributed by atoms with Gasteiger partial charge in [-0.25, -0.2) is 0 Å². The van der Waals surface area contributed by atoms with Crippen LogP contribution < -0.4 is 14.8 Å². The van der Waals surface area contributed by atoms with Crippen LogP contribution in [0.3, 0.4) is 0 Å². The quantitative estimate of drug-likeness (QED) is 0.626. The van der Waals surface area contributed by atoms with Gasteiger partial charge in [0.15, 0.2) is 0 Å². The molecule has 1 N–H and O–H groups in total. The molecule has 1 fully saturated rings. The van der Waals surface area contributed by atoms with Crippen molar-refractivity contribution in [1.82, 2.24) is 14.8 Å². The fourth-order valence-electron chi connectivity index (χ4n) is 5.56. The Labute approximate surface area is 202 Å². The molecule has 1 aromatic heterocycles. The zero-order valence-corrected chi connectivity index (χ0v) is 21.1. The first kappa shape index (κ1) is 24.4. The molecule has 2 heterocycles. The van der Waals surface area contributed by atoms with E-state index in [0.29, 0.717) is 30.3 Å². The molecule has 4 rings (SSSR count). The van der Waals surface area contributed by atoms with Crippen molar-refractivity contribution in [3.8, 4) is 11.5 Å². The van der Waals surface area contributed by atoms with E-state index in [1.165, 1.54) is 19.3 Å². The number of nitrogens with zero attached hydrogens (tertiary/aromatic N) is 2. The SMILES string of the molecule is CCCCN1C(=O)c2cc3c(OC)ccc(OC)c3n2C[C@]1(C)C(=O)NC1CCCCCCC1. The maximum atomic E-state index is 13.9. The molecule has 186 valence electrons. The average molecular weight is 470 g/mol. The third-order valence-corrected chi connectivity index (χ3v) is 7.61. The Balaban J connectivity index is 1.75. The molecule has 2 aromatic rings. The van der Waals surface area contributed by atoms with E-state index in [2.05, 4.69) is 12.2 Å². The number of carbonyl (C=O) groups excluding carboxylic acids is 2. The number of hydrogen-bond acceptors (Lipinski definition) is 4. The molecule has 1 aromatic carbocycles. The lowest BCUT2D eigenvalue weighted by atomic mass is 9.92. The summed E-state index contributed by atoms with van der Waals surface area (Å²) < 4.78 is 13.2. The molecule has 1 saturated carbocycles. The van der Waals surface area contributed by atoms with E-state index in [1.54, 1.807) is 19.1 Å². The molecule has 7 nitrogen and oxygen atoms in total. The van der Waals surface area contributed by atoms with Crippen molar-refractivity contribution in [2.24, 2.45) is 0 Å². The van der Waals surface area contributed by atoms with Gasteiger partial charge in [0.25, 0.3) is 5.91 Å². The third kappa shape index (κ3) is 4.37. The second kappa shape index (κ2) is 10.3. The summed E-state index contributed by atoms with van der Waals surface area (Å²) in [5.74, 6) is 1.18. The van der Waals surface area contributed by atoms with Crippen LogP contribution >= 0.6 is 0 Å². The van der Waals surface area contributed by atoms with Gasteiger partial charge >= 0.3 is 0 Å². The summed E-state index contributed by atoms with van der Waals surface area (Å²) in [5.41, 5.74) is 0.386. The molecule has 1 aliphatic carbocycles. The lowest BCUT2D eigenvalue weighted by Crippen LogP contribution is -2.65. The van der Waals surface area contributed by atoms with Crippen LogP contribution in [-0.2, 0) is 11.3 Å².